The largest absolute Gasteiger partial charge is 0.462 e. The molecule has 8 heteroatoms. The van der Waals surface area contributed by atoms with Crippen LogP contribution in [0.2, 0.25) is 0 Å². The van der Waals surface area contributed by atoms with E-state index in [1.807, 2.05) is 0 Å². The monoisotopic (exact) mass is 408 g/mol. The highest BCUT2D eigenvalue weighted by atomic mass is 19.4. The van der Waals surface area contributed by atoms with Crippen LogP contribution in [0.25, 0.3) is 0 Å². The van der Waals surface area contributed by atoms with Gasteiger partial charge in [0.1, 0.15) is 6.10 Å². The van der Waals surface area contributed by atoms with Gasteiger partial charge in [-0.05, 0) is 49.3 Å². The first-order valence-electron chi connectivity index (χ1n) is 9.65. The van der Waals surface area contributed by atoms with E-state index >= 15 is 0 Å². The van der Waals surface area contributed by atoms with Crippen molar-refractivity contribution in [2.24, 2.45) is 5.92 Å². The summed E-state index contributed by atoms with van der Waals surface area (Å²) in [5.74, 6) is -0.911. The Morgan fingerprint density at radius 2 is 1.97 bits per heavy atom. The quantitative estimate of drug-likeness (QED) is 0.679. The number of alkyl halides is 3. The highest BCUT2D eigenvalue weighted by Crippen LogP contribution is 2.32. The Kier molecular flexibility index (Phi) is 6.39. The Labute approximate surface area is 166 Å². The van der Waals surface area contributed by atoms with Crippen molar-refractivity contribution >= 4 is 5.97 Å². The SMILES string of the molecule is CC(Cn1ncc(Cc2ccccc2C(F)(F)F)cc1=O)C(=O)OC1CCCC1. The lowest BCUT2D eigenvalue weighted by molar-refractivity contribution is -0.153. The third-order valence-electron chi connectivity index (χ3n) is 5.08. The topological polar surface area (TPSA) is 61.2 Å². The van der Waals surface area contributed by atoms with Gasteiger partial charge in [0, 0.05) is 6.07 Å². The Bertz CT molecular complexity index is 918. The number of hydrogen-bond donors (Lipinski definition) is 0. The number of carbonyl (C=O) groups is 1. The van der Waals surface area contributed by atoms with Crippen LogP contribution in [0, 0.1) is 5.92 Å². The molecule has 1 fully saturated rings. The number of esters is 1. The van der Waals surface area contributed by atoms with Gasteiger partial charge >= 0.3 is 12.1 Å². The third kappa shape index (κ3) is 5.46. The van der Waals surface area contributed by atoms with Gasteiger partial charge in [0.05, 0.1) is 24.2 Å². The number of ether oxygens (including phenoxy) is 1. The van der Waals surface area contributed by atoms with Crippen molar-refractivity contribution in [1.29, 1.82) is 0 Å². The summed E-state index contributed by atoms with van der Waals surface area (Å²) >= 11 is 0. The van der Waals surface area contributed by atoms with Crippen LogP contribution in [0.4, 0.5) is 13.2 Å². The number of hydrogen-bond acceptors (Lipinski definition) is 4. The van der Waals surface area contributed by atoms with Crippen molar-refractivity contribution in [3.05, 3.63) is 63.6 Å². The maximum atomic E-state index is 13.1. The van der Waals surface area contributed by atoms with Crippen LogP contribution < -0.4 is 5.56 Å². The number of nitrogens with zero attached hydrogens (tertiary/aromatic N) is 2. The van der Waals surface area contributed by atoms with Gasteiger partial charge in [0.25, 0.3) is 5.56 Å². The van der Waals surface area contributed by atoms with E-state index in [0.29, 0.717) is 5.56 Å². The second-order valence-electron chi connectivity index (χ2n) is 7.46. The number of aromatic nitrogens is 2. The molecular formula is C21H23F3N2O3. The average molecular weight is 408 g/mol. The van der Waals surface area contributed by atoms with Crippen LogP contribution in [-0.2, 0) is 28.7 Å². The molecule has 1 aliphatic rings. The fourth-order valence-corrected chi connectivity index (χ4v) is 3.50. The lowest BCUT2D eigenvalue weighted by Gasteiger charge is -2.16. The van der Waals surface area contributed by atoms with Gasteiger partial charge in [-0.2, -0.15) is 18.3 Å². The molecule has 0 spiro atoms. The molecule has 3 rings (SSSR count). The summed E-state index contributed by atoms with van der Waals surface area (Å²) in [5, 5.41) is 4.04. The Morgan fingerprint density at radius 1 is 1.28 bits per heavy atom. The van der Waals surface area contributed by atoms with E-state index in [-0.39, 0.29) is 30.6 Å². The molecule has 156 valence electrons. The molecule has 1 saturated carbocycles. The molecule has 1 heterocycles. The van der Waals surface area contributed by atoms with Gasteiger partial charge < -0.3 is 4.74 Å². The molecule has 2 aromatic rings. The fraction of sp³-hybridized carbons (Fsp3) is 0.476. The smallest absolute Gasteiger partial charge is 0.416 e. The molecule has 1 aliphatic carbocycles. The fourth-order valence-electron chi connectivity index (χ4n) is 3.50. The van der Waals surface area contributed by atoms with E-state index in [1.54, 1.807) is 6.92 Å². The van der Waals surface area contributed by atoms with Crippen LogP contribution in [-0.4, -0.2) is 21.9 Å². The van der Waals surface area contributed by atoms with Crippen LogP contribution in [0.1, 0.15) is 49.3 Å². The first-order valence-corrected chi connectivity index (χ1v) is 9.65. The average Bonchev–Trinajstić information content (AvgIpc) is 3.16. The molecule has 0 N–H and O–H groups in total. The van der Waals surface area contributed by atoms with Gasteiger partial charge in [-0.3, -0.25) is 9.59 Å². The summed E-state index contributed by atoms with van der Waals surface area (Å²) in [5.41, 5.74) is -0.739. The third-order valence-corrected chi connectivity index (χ3v) is 5.08. The lowest BCUT2D eigenvalue weighted by Crippen LogP contribution is -2.30. The molecule has 0 bridgehead atoms. The number of benzene rings is 1. The molecule has 0 amide bonds. The number of halogens is 3. The minimum atomic E-state index is -4.46. The Hall–Kier alpha value is -2.64. The summed E-state index contributed by atoms with van der Waals surface area (Å²) in [7, 11) is 0. The summed E-state index contributed by atoms with van der Waals surface area (Å²) in [4.78, 5) is 24.5. The van der Waals surface area contributed by atoms with E-state index in [1.165, 1.54) is 30.5 Å². The molecule has 1 unspecified atom stereocenters. The van der Waals surface area contributed by atoms with Crippen molar-refractivity contribution in [1.82, 2.24) is 9.78 Å². The van der Waals surface area contributed by atoms with Crippen LogP contribution >= 0.6 is 0 Å². The molecule has 29 heavy (non-hydrogen) atoms. The molecule has 1 aromatic carbocycles. The minimum absolute atomic E-state index is 0.0503. The summed E-state index contributed by atoms with van der Waals surface area (Å²) in [6.45, 7) is 1.72. The highest BCUT2D eigenvalue weighted by Gasteiger charge is 2.32. The summed E-state index contributed by atoms with van der Waals surface area (Å²) in [6, 6.07) is 6.51. The molecule has 0 saturated heterocycles. The first kappa shape index (κ1) is 21.1. The van der Waals surface area contributed by atoms with E-state index in [9.17, 15) is 22.8 Å². The van der Waals surface area contributed by atoms with Crippen molar-refractivity contribution in [2.75, 3.05) is 0 Å². The molecule has 5 nitrogen and oxygen atoms in total. The van der Waals surface area contributed by atoms with Crippen molar-refractivity contribution in [2.45, 2.75) is 57.9 Å². The van der Waals surface area contributed by atoms with Crippen LogP contribution in [0.5, 0.6) is 0 Å². The van der Waals surface area contributed by atoms with Crippen molar-refractivity contribution < 1.29 is 22.7 Å². The van der Waals surface area contributed by atoms with Gasteiger partial charge in [0.15, 0.2) is 0 Å². The normalized spacial score (nSPS) is 16.0. The molecular weight excluding hydrogens is 385 g/mol. The standard InChI is InChI=1S/C21H23F3N2O3/c1-14(20(28)29-17-7-3-4-8-17)13-26-19(27)11-15(12-25-26)10-16-6-2-5-9-18(16)21(22,23)24/h2,5-6,9,11-12,14,17H,3-4,7-8,10,13H2,1H3. The van der Waals surface area contributed by atoms with Crippen LogP contribution in [0.3, 0.4) is 0 Å². The lowest BCUT2D eigenvalue weighted by atomic mass is 10.0. The molecule has 0 aliphatic heterocycles. The number of rotatable bonds is 6. The van der Waals surface area contributed by atoms with Gasteiger partial charge in [0.2, 0.25) is 0 Å². The molecule has 1 atom stereocenters. The van der Waals surface area contributed by atoms with E-state index in [0.717, 1.165) is 36.4 Å². The van der Waals surface area contributed by atoms with E-state index in [4.69, 9.17) is 4.74 Å². The second-order valence-corrected chi connectivity index (χ2v) is 7.46. The number of carbonyl (C=O) groups excluding carboxylic acids is 1. The predicted molar refractivity (Wildman–Crippen MR) is 100 cm³/mol. The summed E-state index contributed by atoms with van der Waals surface area (Å²) in [6.07, 6.45) is 0.620. The zero-order valence-corrected chi connectivity index (χ0v) is 16.1. The van der Waals surface area contributed by atoms with Gasteiger partial charge in [-0.15, -0.1) is 0 Å². The first-order chi connectivity index (χ1) is 13.7. The minimum Gasteiger partial charge on any atom is -0.462 e. The predicted octanol–water partition coefficient (Wildman–Crippen LogP) is 3.97. The second kappa shape index (κ2) is 8.80. The zero-order chi connectivity index (χ0) is 21.0. The van der Waals surface area contributed by atoms with Crippen molar-refractivity contribution in [3.63, 3.8) is 0 Å². The summed E-state index contributed by atoms with van der Waals surface area (Å²) < 4.78 is 46.0. The zero-order valence-electron chi connectivity index (χ0n) is 16.1. The molecule has 1 aromatic heterocycles. The maximum absolute atomic E-state index is 13.1. The molecule has 0 radical (unpaired) electrons. The van der Waals surface area contributed by atoms with E-state index in [2.05, 4.69) is 5.10 Å². The van der Waals surface area contributed by atoms with Gasteiger partial charge in [-0.25, -0.2) is 4.68 Å². The van der Waals surface area contributed by atoms with Crippen LogP contribution in [0.15, 0.2) is 41.3 Å². The van der Waals surface area contributed by atoms with Gasteiger partial charge in [-0.1, -0.05) is 25.1 Å². The van der Waals surface area contributed by atoms with Crippen molar-refractivity contribution in [3.8, 4) is 0 Å². The Morgan fingerprint density at radius 3 is 2.62 bits per heavy atom. The van der Waals surface area contributed by atoms with E-state index < -0.39 is 23.2 Å². The highest BCUT2D eigenvalue weighted by molar-refractivity contribution is 5.72. The Balaban J connectivity index is 1.68. The maximum Gasteiger partial charge on any atom is 0.416 e.